The van der Waals surface area contributed by atoms with E-state index in [0.717, 1.165) is 35.3 Å². The summed E-state index contributed by atoms with van der Waals surface area (Å²) in [6.07, 6.45) is 2.09. The molecule has 3 heterocycles. The van der Waals surface area contributed by atoms with Gasteiger partial charge in [-0.25, -0.2) is 8.42 Å². The lowest BCUT2D eigenvalue weighted by atomic mass is 9.85. The zero-order valence-electron chi connectivity index (χ0n) is 27.4. The van der Waals surface area contributed by atoms with Crippen LogP contribution in [0.3, 0.4) is 0 Å². The van der Waals surface area contributed by atoms with Gasteiger partial charge in [0.15, 0.2) is 0 Å². The molecule has 2 saturated heterocycles. The minimum Gasteiger partial charge on any atom is -0.339 e. The highest BCUT2D eigenvalue weighted by molar-refractivity contribution is 7.88. The summed E-state index contributed by atoms with van der Waals surface area (Å²) in [7, 11) is -9.37. The third kappa shape index (κ3) is 7.59. The van der Waals surface area contributed by atoms with Crippen LogP contribution in [0.1, 0.15) is 60.5 Å². The predicted octanol–water partition coefficient (Wildman–Crippen LogP) is 4.11. The molecule has 0 saturated carbocycles. The monoisotopic (exact) mass is 740 g/mol. The van der Waals surface area contributed by atoms with Crippen molar-refractivity contribution in [2.24, 2.45) is 5.41 Å². The molecule has 12 nitrogen and oxygen atoms in total. The highest BCUT2D eigenvalue weighted by atomic mass is 32.2. The van der Waals surface area contributed by atoms with E-state index < -0.39 is 64.2 Å². The highest BCUT2D eigenvalue weighted by Crippen LogP contribution is 2.59. The molecule has 1 aromatic heterocycles. The Kier molecular flexibility index (Phi) is 10.2. The summed E-state index contributed by atoms with van der Waals surface area (Å²) < 4.78 is 67.1. The molecule has 3 aromatic rings. The Morgan fingerprint density at radius 1 is 1.02 bits per heavy atom. The summed E-state index contributed by atoms with van der Waals surface area (Å²) in [4.78, 5) is 63.1. The van der Waals surface area contributed by atoms with Gasteiger partial charge in [-0.1, -0.05) is 57.2 Å². The van der Waals surface area contributed by atoms with Gasteiger partial charge in [0, 0.05) is 36.4 Å². The van der Waals surface area contributed by atoms with Crippen molar-refractivity contribution in [1.82, 2.24) is 19.4 Å². The summed E-state index contributed by atoms with van der Waals surface area (Å²) in [5.41, 5.74) is -5.37. The fourth-order valence-corrected chi connectivity index (χ4v) is 8.82. The second kappa shape index (κ2) is 13.5. The van der Waals surface area contributed by atoms with Crippen molar-refractivity contribution in [3.63, 3.8) is 0 Å². The standard InChI is InChI=1S/C32H39F2N4O8PS2/c1-31(2,3)27(35-28(39)26-18-21-17-22(12-13-25(21)48-26)32(33,34)47(42,43)44)30(41)37-14-8-11-23(37)29(40)36-15-16-38(49(4,45)46)24(19-36)20-9-6-5-7-10-20/h5-7,9-10,12-13,17-18,23-24,27H,8,11,14-16,19H2,1-4H3,(H,35,39)(H2,42,43,44)/t23-,24+,27?/m0/s1. The molecule has 2 fully saturated rings. The van der Waals surface area contributed by atoms with E-state index in [1.54, 1.807) is 37.8 Å². The maximum atomic E-state index is 14.3. The molecule has 0 aliphatic carbocycles. The molecule has 3 N–H and O–H groups in total. The minimum absolute atomic E-state index is 0.0958. The SMILES string of the molecule is CC(C)(C)C(NC(=O)c1cc2cc(C(F)(F)P(=O)(O)O)ccc2s1)C(=O)N1CCC[C@H]1C(=O)N1CCN(S(C)(=O)=O)[C@@H](c2ccccc2)C1. The number of nitrogens with one attached hydrogen (secondary N) is 1. The van der Waals surface area contributed by atoms with Gasteiger partial charge in [-0.2, -0.15) is 13.1 Å². The van der Waals surface area contributed by atoms with Crippen LogP contribution < -0.4 is 5.32 Å². The van der Waals surface area contributed by atoms with Gasteiger partial charge < -0.3 is 24.9 Å². The van der Waals surface area contributed by atoms with Crippen LogP contribution in [0.4, 0.5) is 8.78 Å². The molecular formula is C32H39F2N4O8PS2. The van der Waals surface area contributed by atoms with Gasteiger partial charge in [0.05, 0.1) is 17.2 Å². The van der Waals surface area contributed by atoms with E-state index >= 15 is 0 Å². The predicted molar refractivity (Wildman–Crippen MR) is 181 cm³/mol. The molecule has 3 amide bonds. The first-order valence-corrected chi connectivity index (χ1v) is 19.9. The van der Waals surface area contributed by atoms with Crippen molar-refractivity contribution in [1.29, 1.82) is 0 Å². The number of halogens is 2. The lowest BCUT2D eigenvalue weighted by Gasteiger charge is -2.42. The first-order chi connectivity index (χ1) is 22.7. The maximum Gasteiger partial charge on any atom is 0.399 e. The Labute approximate surface area is 287 Å². The molecule has 2 aromatic carbocycles. The Morgan fingerprint density at radius 3 is 2.31 bits per heavy atom. The number of carbonyl (C=O) groups excluding carboxylic acids is 3. The van der Waals surface area contributed by atoms with E-state index in [4.69, 9.17) is 9.79 Å². The molecule has 266 valence electrons. The molecule has 2 aliphatic rings. The second-order valence-corrected chi connectivity index (χ2v) is 18.2. The summed E-state index contributed by atoms with van der Waals surface area (Å²) in [5, 5.41) is 2.95. The summed E-state index contributed by atoms with van der Waals surface area (Å²) in [5.74, 6) is -1.41. The Bertz CT molecular complexity index is 1910. The summed E-state index contributed by atoms with van der Waals surface area (Å²) >= 11 is 0.970. The molecule has 5 rings (SSSR count). The zero-order valence-corrected chi connectivity index (χ0v) is 29.9. The lowest BCUT2D eigenvalue weighted by molar-refractivity contribution is -0.147. The third-order valence-corrected chi connectivity index (χ3v) is 12.3. The quantitative estimate of drug-likeness (QED) is 0.291. The number of rotatable bonds is 8. The fourth-order valence-electron chi connectivity index (χ4n) is 6.34. The first kappa shape index (κ1) is 37.0. The van der Waals surface area contributed by atoms with Crippen LogP contribution in [-0.2, 0) is 29.8 Å². The van der Waals surface area contributed by atoms with Gasteiger partial charge in [-0.3, -0.25) is 18.9 Å². The molecule has 49 heavy (non-hydrogen) atoms. The number of alkyl halides is 2. The van der Waals surface area contributed by atoms with Crippen molar-refractivity contribution in [2.75, 3.05) is 32.4 Å². The molecule has 17 heteroatoms. The van der Waals surface area contributed by atoms with Crippen LogP contribution in [0.2, 0.25) is 0 Å². The van der Waals surface area contributed by atoms with E-state index in [0.29, 0.717) is 17.5 Å². The van der Waals surface area contributed by atoms with Gasteiger partial charge in [-0.05, 0) is 47.4 Å². The smallest absolute Gasteiger partial charge is 0.339 e. The van der Waals surface area contributed by atoms with E-state index in [-0.39, 0.29) is 42.3 Å². The van der Waals surface area contributed by atoms with E-state index in [2.05, 4.69) is 5.32 Å². The number of sulfonamides is 1. The van der Waals surface area contributed by atoms with Gasteiger partial charge in [0.1, 0.15) is 12.1 Å². The fraction of sp³-hybridized carbons (Fsp3) is 0.469. The average Bonchev–Trinajstić information content (AvgIpc) is 3.69. The number of likely N-dealkylation sites (tertiary alicyclic amines) is 1. The Hall–Kier alpha value is -3.27. The summed E-state index contributed by atoms with van der Waals surface area (Å²) in [6, 6.07) is 11.0. The molecule has 0 radical (unpaired) electrons. The normalized spacial score (nSPS) is 20.4. The first-order valence-electron chi connectivity index (χ1n) is 15.6. The average molecular weight is 741 g/mol. The number of hydrogen-bond acceptors (Lipinski definition) is 7. The van der Waals surface area contributed by atoms with E-state index in [1.807, 2.05) is 18.2 Å². The van der Waals surface area contributed by atoms with Crippen molar-refractivity contribution in [2.45, 2.75) is 57.4 Å². The topological polar surface area (TPSA) is 165 Å². The Balaban J connectivity index is 1.35. The minimum atomic E-state index is -5.79. The van der Waals surface area contributed by atoms with Crippen molar-refractivity contribution in [3.05, 3.63) is 70.6 Å². The largest absolute Gasteiger partial charge is 0.399 e. The molecule has 3 atom stereocenters. The van der Waals surface area contributed by atoms with Gasteiger partial charge in [0.25, 0.3) is 5.91 Å². The van der Waals surface area contributed by atoms with Crippen LogP contribution in [0.5, 0.6) is 0 Å². The molecule has 2 aliphatic heterocycles. The molecule has 0 bridgehead atoms. The zero-order chi connectivity index (χ0) is 36.1. The van der Waals surface area contributed by atoms with Gasteiger partial charge in [0.2, 0.25) is 21.8 Å². The lowest BCUT2D eigenvalue weighted by Crippen LogP contribution is -2.59. The third-order valence-electron chi connectivity index (χ3n) is 8.92. The van der Waals surface area contributed by atoms with E-state index in [9.17, 15) is 36.1 Å². The number of hydrogen-bond donors (Lipinski definition) is 3. The molecule has 0 spiro atoms. The van der Waals surface area contributed by atoms with Crippen molar-refractivity contribution in [3.8, 4) is 0 Å². The van der Waals surface area contributed by atoms with Crippen LogP contribution in [0, 0.1) is 5.41 Å². The van der Waals surface area contributed by atoms with E-state index in [1.165, 1.54) is 21.3 Å². The van der Waals surface area contributed by atoms with Crippen LogP contribution in [-0.4, -0.2) is 94.5 Å². The number of carbonyl (C=O) groups is 3. The van der Waals surface area contributed by atoms with Crippen molar-refractivity contribution >= 4 is 56.8 Å². The van der Waals surface area contributed by atoms with Crippen LogP contribution in [0.15, 0.2) is 54.6 Å². The highest BCUT2D eigenvalue weighted by Gasteiger charge is 2.50. The number of fused-ring (bicyclic) bond motifs is 1. The molecular weight excluding hydrogens is 701 g/mol. The van der Waals surface area contributed by atoms with Crippen LogP contribution in [0.25, 0.3) is 10.1 Å². The van der Waals surface area contributed by atoms with Crippen molar-refractivity contribution < 1.29 is 45.9 Å². The second-order valence-electron chi connectivity index (χ2n) is 13.5. The van der Waals surface area contributed by atoms with Crippen LogP contribution >= 0.6 is 18.9 Å². The maximum absolute atomic E-state index is 14.3. The number of nitrogens with zero attached hydrogens (tertiary/aromatic N) is 3. The summed E-state index contributed by atoms with van der Waals surface area (Å²) in [6.45, 7) is 5.93. The number of piperazine rings is 1. The number of benzene rings is 2. The number of amides is 3. The Morgan fingerprint density at radius 2 is 1.69 bits per heavy atom. The van der Waals surface area contributed by atoms with Gasteiger partial charge >= 0.3 is 13.3 Å². The molecule has 1 unspecified atom stereocenters. The number of thiophene rings is 1. The van der Waals surface area contributed by atoms with Gasteiger partial charge in [-0.15, -0.1) is 11.3 Å².